The highest BCUT2D eigenvalue weighted by atomic mass is 35.5. The first-order chi connectivity index (χ1) is 11.2. The summed E-state index contributed by atoms with van der Waals surface area (Å²) in [4.78, 5) is 12.2. The van der Waals surface area contributed by atoms with E-state index in [-0.39, 0.29) is 23.0 Å². The summed E-state index contributed by atoms with van der Waals surface area (Å²) in [7, 11) is 1.62. The minimum Gasteiger partial charge on any atom is -0.484 e. The molecule has 1 N–H and O–H groups in total. The summed E-state index contributed by atoms with van der Waals surface area (Å²) >= 11 is 6.01. The second-order valence-corrected chi connectivity index (χ2v) is 5.47. The van der Waals surface area contributed by atoms with Crippen molar-refractivity contribution in [1.29, 1.82) is 0 Å². The van der Waals surface area contributed by atoms with Crippen LogP contribution in [0.4, 0.5) is 13.2 Å². The average molecular weight is 362 g/mol. The Morgan fingerprint density at radius 2 is 2.12 bits per heavy atom. The molecule has 0 aliphatic carbocycles. The van der Waals surface area contributed by atoms with Gasteiger partial charge in [0, 0.05) is 13.6 Å². The number of amides is 1. The molecule has 0 saturated heterocycles. The molecule has 0 radical (unpaired) electrons. The molecule has 24 heavy (non-hydrogen) atoms. The van der Waals surface area contributed by atoms with Crippen LogP contribution in [0.2, 0.25) is 5.15 Å². The Labute approximate surface area is 141 Å². The van der Waals surface area contributed by atoms with E-state index in [1.165, 1.54) is 16.8 Å². The summed E-state index contributed by atoms with van der Waals surface area (Å²) in [6, 6.07) is 6.07. The van der Waals surface area contributed by atoms with Crippen LogP contribution in [-0.4, -0.2) is 28.5 Å². The summed E-state index contributed by atoms with van der Waals surface area (Å²) in [5.74, 6) is -0.332. The van der Waals surface area contributed by atoms with Gasteiger partial charge in [0.25, 0.3) is 5.91 Å². The van der Waals surface area contributed by atoms with Crippen molar-refractivity contribution in [3.05, 3.63) is 46.2 Å². The molecule has 0 saturated carbocycles. The van der Waals surface area contributed by atoms with Crippen molar-refractivity contribution in [2.24, 2.45) is 7.05 Å². The predicted octanol–water partition coefficient (Wildman–Crippen LogP) is 3.25. The SMILES string of the molecule is Cc1nn(C)c(Cl)c1C(=O)NCc1cccc(OCC(F)(F)F)c1. The number of aromatic nitrogens is 2. The molecule has 0 unspecified atom stereocenters. The van der Waals surface area contributed by atoms with Crippen molar-refractivity contribution in [3.8, 4) is 5.75 Å². The Balaban J connectivity index is 2.00. The van der Waals surface area contributed by atoms with Crippen molar-refractivity contribution >= 4 is 17.5 Å². The third-order valence-corrected chi connectivity index (χ3v) is 3.57. The molecule has 2 aromatic rings. The largest absolute Gasteiger partial charge is 0.484 e. The minimum absolute atomic E-state index is 0.0784. The van der Waals surface area contributed by atoms with E-state index in [9.17, 15) is 18.0 Å². The van der Waals surface area contributed by atoms with Crippen LogP contribution in [0.15, 0.2) is 24.3 Å². The zero-order chi connectivity index (χ0) is 17.9. The number of benzene rings is 1. The maximum absolute atomic E-state index is 12.2. The molecule has 0 bridgehead atoms. The fraction of sp³-hybridized carbons (Fsp3) is 0.333. The lowest BCUT2D eigenvalue weighted by atomic mass is 10.2. The molecule has 130 valence electrons. The molecule has 0 spiro atoms. The first-order valence-corrected chi connectivity index (χ1v) is 7.31. The number of carbonyl (C=O) groups excluding carboxylic acids is 1. The van der Waals surface area contributed by atoms with Gasteiger partial charge in [-0.25, -0.2) is 0 Å². The van der Waals surface area contributed by atoms with Crippen molar-refractivity contribution in [1.82, 2.24) is 15.1 Å². The van der Waals surface area contributed by atoms with Gasteiger partial charge in [-0.1, -0.05) is 23.7 Å². The van der Waals surface area contributed by atoms with Crippen LogP contribution in [0.5, 0.6) is 5.75 Å². The number of halogens is 4. The van der Waals surface area contributed by atoms with Crippen LogP contribution in [0.3, 0.4) is 0 Å². The van der Waals surface area contributed by atoms with Crippen molar-refractivity contribution < 1.29 is 22.7 Å². The van der Waals surface area contributed by atoms with E-state index in [0.29, 0.717) is 11.3 Å². The highest BCUT2D eigenvalue weighted by Gasteiger charge is 2.28. The van der Waals surface area contributed by atoms with Gasteiger partial charge in [-0.3, -0.25) is 9.48 Å². The van der Waals surface area contributed by atoms with E-state index < -0.39 is 18.7 Å². The average Bonchev–Trinajstić information content (AvgIpc) is 2.75. The van der Waals surface area contributed by atoms with Gasteiger partial charge in [0.15, 0.2) is 6.61 Å². The Morgan fingerprint density at radius 1 is 1.42 bits per heavy atom. The number of aryl methyl sites for hydroxylation is 2. The Hall–Kier alpha value is -2.22. The first-order valence-electron chi connectivity index (χ1n) is 6.93. The maximum atomic E-state index is 12.2. The summed E-state index contributed by atoms with van der Waals surface area (Å²) in [6.45, 7) is 0.409. The standard InChI is InChI=1S/C15H15ClF3N3O2/c1-9-12(13(16)22(2)21-9)14(23)20-7-10-4-3-5-11(6-10)24-8-15(17,18)19/h3-6H,7-8H2,1-2H3,(H,20,23). The molecular weight excluding hydrogens is 347 g/mol. The van der Waals surface area contributed by atoms with Crippen LogP contribution in [0.25, 0.3) is 0 Å². The summed E-state index contributed by atoms with van der Waals surface area (Å²) in [5.41, 5.74) is 1.35. The lowest BCUT2D eigenvalue weighted by molar-refractivity contribution is -0.153. The number of nitrogens with zero attached hydrogens (tertiary/aromatic N) is 2. The molecule has 1 amide bonds. The Morgan fingerprint density at radius 3 is 2.71 bits per heavy atom. The number of hydrogen-bond acceptors (Lipinski definition) is 3. The van der Waals surface area contributed by atoms with Gasteiger partial charge in [-0.2, -0.15) is 18.3 Å². The summed E-state index contributed by atoms with van der Waals surface area (Å²) in [5, 5.41) is 6.92. The smallest absolute Gasteiger partial charge is 0.422 e. The summed E-state index contributed by atoms with van der Waals surface area (Å²) < 4.78 is 42.5. The number of hydrogen-bond donors (Lipinski definition) is 1. The van der Waals surface area contributed by atoms with Crippen LogP contribution in [-0.2, 0) is 13.6 Å². The third-order valence-electron chi connectivity index (χ3n) is 3.13. The lowest BCUT2D eigenvalue weighted by Gasteiger charge is -2.10. The molecule has 2 rings (SSSR count). The zero-order valence-electron chi connectivity index (χ0n) is 12.9. The second kappa shape index (κ2) is 7.12. The third kappa shape index (κ3) is 4.64. The predicted molar refractivity (Wildman–Crippen MR) is 82.1 cm³/mol. The van der Waals surface area contributed by atoms with Gasteiger partial charge >= 0.3 is 6.18 Å². The number of nitrogens with one attached hydrogen (secondary N) is 1. The van der Waals surface area contributed by atoms with Crippen molar-refractivity contribution in [2.45, 2.75) is 19.6 Å². The quantitative estimate of drug-likeness (QED) is 0.889. The zero-order valence-corrected chi connectivity index (χ0v) is 13.7. The first kappa shape index (κ1) is 18.1. The molecule has 1 aromatic heterocycles. The monoisotopic (exact) mass is 361 g/mol. The van der Waals surface area contributed by atoms with Crippen LogP contribution >= 0.6 is 11.6 Å². The molecule has 0 fully saturated rings. The minimum atomic E-state index is -4.40. The highest BCUT2D eigenvalue weighted by molar-refractivity contribution is 6.33. The Bertz CT molecular complexity index is 744. The summed E-state index contributed by atoms with van der Waals surface area (Å²) in [6.07, 6.45) is -4.40. The van der Waals surface area contributed by atoms with E-state index in [2.05, 4.69) is 15.2 Å². The molecule has 0 aliphatic heterocycles. The second-order valence-electron chi connectivity index (χ2n) is 5.11. The topological polar surface area (TPSA) is 56.2 Å². The number of ether oxygens (including phenoxy) is 1. The van der Waals surface area contributed by atoms with Gasteiger partial charge in [0.05, 0.1) is 11.3 Å². The maximum Gasteiger partial charge on any atom is 0.422 e. The molecular formula is C15H15ClF3N3O2. The molecule has 1 heterocycles. The number of carbonyl (C=O) groups is 1. The Kier molecular flexibility index (Phi) is 5.38. The van der Waals surface area contributed by atoms with Crippen LogP contribution in [0, 0.1) is 6.92 Å². The van der Waals surface area contributed by atoms with Gasteiger partial charge in [0.1, 0.15) is 10.9 Å². The van der Waals surface area contributed by atoms with E-state index >= 15 is 0 Å². The molecule has 1 aromatic carbocycles. The van der Waals surface area contributed by atoms with Crippen molar-refractivity contribution in [3.63, 3.8) is 0 Å². The van der Waals surface area contributed by atoms with Crippen LogP contribution < -0.4 is 10.1 Å². The lowest BCUT2D eigenvalue weighted by Crippen LogP contribution is -2.23. The molecule has 0 atom stereocenters. The van der Waals surface area contributed by atoms with Crippen LogP contribution in [0.1, 0.15) is 21.6 Å². The molecule has 0 aliphatic rings. The normalized spacial score (nSPS) is 11.4. The molecule has 9 heteroatoms. The highest BCUT2D eigenvalue weighted by Crippen LogP contribution is 2.20. The van der Waals surface area contributed by atoms with Gasteiger partial charge in [0.2, 0.25) is 0 Å². The van der Waals surface area contributed by atoms with E-state index in [1.807, 2.05) is 0 Å². The van der Waals surface area contributed by atoms with Crippen molar-refractivity contribution in [2.75, 3.05) is 6.61 Å². The molecule has 5 nitrogen and oxygen atoms in total. The number of alkyl halides is 3. The number of rotatable bonds is 5. The van der Waals surface area contributed by atoms with Gasteiger partial charge in [-0.05, 0) is 24.6 Å². The fourth-order valence-corrected chi connectivity index (χ4v) is 2.33. The van der Waals surface area contributed by atoms with Gasteiger partial charge < -0.3 is 10.1 Å². The van der Waals surface area contributed by atoms with E-state index in [1.54, 1.807) is 26.1 Å². The van der Waals surface area contributed by atoms with E-state index in [4.69, 9.17) is 11.6 Å². The van der Waals surface area contributed by atoms with E-state index in [0.717, 1.165) is 0 Å². The fourth-order valence-electron chi connectivity index (χ4n) is 2.07. The van der Waals surface area contributed by atoms with Gasteiger partial charge in [-0.15, -0.1) is 0 Å².